The third-order valence-corrected chi connectivity index (χ3v) is 3.08. The van der Waals surface area contributed by atoms with E-state index in [9.17, 15) is 4.39 Å². The Labute approximate surface area is 129 Å². The van der Waals surface area contributed by atoms with E-state index in [0.29, 0.717) is 17.5 Å². The van der Waals surface area contributed by atoms with Gasteiger partial charge in [0.15, 0.2) is 0 Å². The summed E-state index contributed by atoms with van der Waals surface area (Å²) in [6, 6.07) is 7.93. The lowest BCUT2D eigenvalue weighted by atomic mass is 10.2. The van der Waals surface area contributed by atoms with Gasteiger partial charge >= 0.3 is 0 Å². The smallest absolute Gasteiger partial charge is 0.219 e. The highest BCUT2D eigenvalue weighted by atomic mass is 35.5. The maximum Gasteiger partial charge on any atom is 0.219 e. The minimum Gasteiger partial charge on any atom is -0.439 e. The minimum absolute atomic E-state index is 0.0296. The van der Waals surface area contributed by atoms with Crippen molar-refractivity contribution in [2.45, 2.75) is 20.4 Å². The van der Waals surface area contributed by atoms with Gasteiger partial charge in [-0.1, -0.05) is 31.5 Å². The van der Waals surface area contributed by atoms with Gasteiger partial charge in [0.25, 0.3) is 0 Å². The number of hydrogen-bond acceptors (Lipinski definition) is 3. The second kappa shape index (κ2) is 7.38. The molecule has 0 saturated carbocycles. The van der Waals surface area contributed by atoms with Gasteiger partial charge in [-0.2, -0.15) is 0 Å². The van der Waals surface area contributed by atoms with Crippen molar-refractivity contribution in [1.29, 1.82) is 0 Å². The van der Waals surface area contributed by atoms with Gasteiger partial charge in [0.05, 0.1) is 5.02 Å². The molecule has 0 spiro atoms. The summed E-state index contributed by atoms with van der Waals surface area (Å²) < 4.78 is 18.6. The lowest BCUT2D eigenvalue weighted by Gasteiger charge is -2.08. The first-order valence-electron chi connectivity index (χ1n) is 6.83. The van der Waals surface area contributed by atoms with Crippen LogP contribution in [0.3, 0.4) is 0 Å². The molecule has 0 saturated heterocycles. The van der Waals surface area contributed by atoms with E-state index in [0.717, 1.165) is 18.7 Å². The molecule has 2 aromatic rings. The summed E-state index contributed by atoms with van der Waals surface area (Å²) in [6.45, 7) is 6.06. The quantitative estimate of drug-likeness (QED) is 0.858. The molecule has 5 heteroatoms. The molecule has 1 aromatic heterocycles. The van der Waals surface area contributed by atoms with Crippen LogP contribution in [0.1, 0.15) is 19.4 Å². The molecule has 1 heterocycles. The summed E-state index contributed by atoms with van der Waals surface area (Å²) in [7, 11) is 0. The van der Waals surface area contributed by atoms with Crippen LogP contribution in [-0.4, -0.2) is 11.5 Å². The first-order chi connectivity index (χ1) is 10.0. The van der Waals surface area contributed by atoms with Crippen molar-refractivity contribution in [3.05, 3.63) is 52.9 Å². The zero-order valence-electron chi connectivity index (χ0n) is 12.1. The van der Waals surface area contributed by atoms with Crippen LogP contribution in [0.5, 0.6) is 11.6 Å². The Hall–Kier alpha value is -1.65. The first-order valence-corrected chi connectivity index (χ1v) is 7.21. The van der Waals surface area contributed by atoms with E-state index >= 15 is 0 Å². The van der Waals surface area contributed by atoms with Crippen molar-refractivity contribution >= 4 is 11.6 Å². The molecule has 1 N–H and O–H groups in total. The fourth-order valence-corrected chi connectivity index (χ4v) is 1.91. The second-order valence-corrected chi connectivity index (χ2v) is 5.61. The van der Waals surface area contributed by atoms with Crippen LogP contribution in [-0.2, 0) is 6.54 Å². The molecule has 2 rings (SSSR count). The highest BCUT2D eigenvalue weighted by molar-refractivity contribution is 6.30. The average molecular weight is 309 g/mol. The largest absolute Gasteiger partial charge is 0.439 e. The number of rotatable bonds is 6. The topological polar surface area (TPSA) is 34.1 Å². The fourth-order valence-electron chi connectivity index (χ4n) is 1.74. The Kier molecular flexibility index (Phi) is 5.53. The molecule has 0 amide bonds. The van der Waals surface area contributed by atoms with Gasteiger partial charge in [-0.25, -0.2) is 9.37 Å². The number of nitrogens with zero attached hydrogens (tertiary/aromatic N) is 1. The van der Waals surface area contributed by atoms with E-state index in [1.165, 1.54) is 18.2 Å². The van der Waals surface area contributed by atoms with Gasteiger partial charge in [-0.15, -0.1) is 0 Å². The van der Waals surface area contributed by atoms with Crippen LogP contribution in [0.25, 0.3) is 0 Å². The highest BCUT2D eigenvalue weighted by Crippen LogP contribution is 2.24. The van der Waals surface area contributed by atoms with Crippen molar-refractivity contribution in [2.75, 3.05) is 6.54 Å². The van der Waals surface area contributed by atoms with Gasteiger partial charge < -0.3 is 10.1 Å². The monoisotopic (exact) mass is 308 g/mol. The summed E-state index contributed by atoms with van der Waals surface area (Å²) in [4.78, 5) is 4.22. The number of aromatic nitrogens is 1. The van der Waals surface area contributed by atoms with Crippen molar-refractivity contribution in [2.24, 2.45) is 5.92 Å². The van der Waals surface area contributed by atoms with Crippen LogP contribution in [0.4, 0.5) is 4.39 Å². The van der Waals surface area contributed by atoms with Crippen LogP contribution in [0.15, 0.2) is 36.5 Å². The average Bonchev–Trinajstić information content (AvgIpc) is 2.44. The van der Waals surface area contributed by atoms with Crippen molar-refractivity contribution < 1.29 is 9.13 Å². The standard InChI is InChI=1S/C16H18ClFN2O/c1-11(2)8-19-9-12-3-6-16(20-10-12)21-13-4-5-15(18)14(17)7-13/h3-7,10-11,19H,8-9H2,1-2H3. The van der Waals surface area contributed by atoms with E-state index in [4.69, 9.17) is 16.3 Å². The van der Waals surface area contributed by atoms with E-state index in [1.807, 2.05) is 6.07 Å². The lowest BCUT2D eigenvalue weighted by Crippen LogP contribution is -2.18. The molecule has 112 valence electrons. The van der Waals surface area contributed by atoms with Gasteiger partial charge in [-0.3, -0.25) is 0 Å². The number of hydrogen-bond donors (Lipinski definition) is 1. The Balaban J connectivity index is 1.94. The molecular weight excluding hydrogens is 291 g/mol. The van der Waals surface area contributed by atoms with Crippen LogP contribution < -0.4 is 10.1 Å². The van der Waals surface area contributed by atoms with E-state index in [1.54, 1.807) is 12.3 Å². The van der Waals surface area contributed by atoms with Gasteiger partial charge in [0.1, 0.15) is 11.6 Å². The van der Waals surface area contributed by atoms with Crippen LogP contribution in [0.2, 0.25) is 5.02 Å². The third-order valence-electron chi connectivity index (χ3n) is 2.79. The lowest BCUT2D eigenvalue weighted by molar-refractivity contribution is 0.460. The predicted octanol–water partition coefficient (Wildman–Crippen LogP) is 4.41. The molecule has 3 nitrogen and oxygen atoms in total. The number of benzene rings is 1. The summed E-state index contributed by atoms with van der Waals surface area (Å²) in [5.74, 6) is 1.05. The summed E-state index contributed by atoms with van der Waals surface area (Å²) in [5.41, 5.74) is 1.08. The maximum atomic E-state index is 13.1. The van der Waals surface area contributed by atoms with Crippen LogP contribution >= 0.6 is 11.6 Å². The van der Waals surface area contributed by atoms with E-state index < -0.39 is 5.82 Å². The first kappa shape index (κ1) is 15.7. The third kappa shape index (κ3) is 4.99. The SMILES string of the molecule is CC(C)CNCc1ccc(Oc2ccc(F)c(Cl)c2)nc1. The van der Waals surface area contributed by atoms with E-state index in [-0.39, 0.29) is 5.02 Å². The maximum absolute atomic E-state index is 13.1. The molecule has 1 aromatic carbocycles. The Morgan fingerprint density at radius 3 is 2.71 bits per heavy atom. The fraction of sp³-hybridized carbons (Fsp3) is 0.312. The molecule has 0 bridgehead atoms. The van der Waals surface area contributed by atoms with Crippen molar-refractivity contribution in [3.63, 3.8) is 0 Å². The zero-order valence-corrected chi connectivity index (χ0v) is 12.8. The van der Waals surface area contributed by atoms with Gasteiger partial charge in [0.2, 0.25) is 5.88 Å². The number of ether oxygens (including phenoxy) is 1. The summed E-state index contributed by atoms with van der Waals surface area (Å²) >= 11 is 5.70. The van der Waals surface area contributed by atoms with Crippen LogP contribution in [0, 0.1) is 11.7 Å². The molecule has 0 radical (unpaired) electrons. The molecule has 0 atom stereocenters. The Morgan fingerprint density at radius 2 is 2.10 bits per heavy atom. The molecule has 0 unspecified atom stereocenters. The molecule has 0 aliphatic heterocycles. The molecular formula is C16H18ClFN2O. The summed E-state index contributed by atoms with van der Waals surface area (Å²) in [6.07, 6.45) is 1.76. The zero-order chi connectivity index (χ0) is 15.2. The molecule has 0 fully saturated rings. The summed E-state index contributed by atoms with van der Waals surface area (Å²) in [5, 5.41) is 3.37. The number of pyridine rings is 1. The normalized spacial score (nSPS) is 10.9. The van der Waals surface area contributed by atoms with Gasteiger partial charge in [-0.05, 0) is 30.2 Å². The Morgan fingerprint density at radius 1 is 1.29 bits per heavy atom. The Bertz CT molecular complexity index is 587. The highest BCUT2D eigenvalue weighted by Gasteiger charge is 2.04. The van der Waals surface area contributed by atoms with Crippen molar-refractivity contribution in [3.8, 4) is 11.6 Å². The molecule has 21 heavy (non-hydrogen) atoms. The van der Waals surface area contributed by atoms with E-state index in [2.05, 4.69) is 24.1 Å². The predicted molar refractivity (Wildman–Crippen MR) is 82.3 cm³/mol. The van der Waals surface area contributed by atoms with Crippen molar-refractivity contribution in [1.82, 2.24) is 10.3 Å². The molecule has 0 aliphatic carbocycles. The number of nitrogens with one attached hydrogen (secondary N) is 1. The van der Waals surface area contributed by atoms with Gasteiger partial charge in [0, 0.05) is 24.9 Å². The molecule has 0 aliphatic rings. The second-order valence-electron chi connectivity index (χ2n) is 5.21. The minimum atomic E-state index is -0.469. The number of halogens is 2.